The summed E-state index contributed by atoms with van der Waals surface area (Å²) in [5, 5.41) is 9.54. The second-order valence-corrected chi connectivity index (χ2v) is 7.12. The second-order valence-electron chi connectivity index (χ2n) is 7.12. The third-order valence-corrected chi connectivity index (χ3v) is 5.13. The van der Waals surface area contributed by atoms with Gasteiger partial charge in [-0.1, -0.05) is 44.2 Å². The Balaban J connectivity index is 1.74. The van der Waals surface area contributed by atoms with E-state index in [2.05, 4.69) is 27.0 Å². The lowest BCUT2D eigenvalue weighted by Gasteiger charge is -2.21. The van der Waals surface area contributed by atoms with Crippen LogP contribution in [0.3, 0.4) is 0 Å². The van der Waals surface area contributed by atoms with Crippen molar-refractivity contribution in [2.24, 2.45) is 10.9 Å². The zero-order chi connectivity index (χ0) is 18.6. The van der Waals surface area contributed by atoms with E-state index < -0.39 is 0 Å². The van der Waals surface area contributed by atoms with E-state index in [1.807, 2.05) is 25.2 Å². The van der Waals surface area contributed by atoms with Gasteiger partial charge in [-0.3, -0.25) is 9.79 Å². The molecule has 1 aliphatic carbocycles. The van der Waals surface area contributed by atoms with Gasteiger partial charge in [0, 0.05) is 32.7 Å². The van der Waals surface area contributed by atoms with Gasteiger partial charge in [-0.2, -0.15) is 0 Å². The summed E-state index contributed by atoms with van der Waals surface area (Å²) in [6, 6.07) is 7.77. The van der Waals surface area contributed by atoms with E-state index in [4.69, 9.17) is 0 Å². The Labute approximate surface area is 158 Å². The minimum Gasteiger partial charge on any atom is -0.356 e. The Morgan fingerprint density at radius 2 is 1.85 bits per heavy atom. The maximum atomic E-state index is 11.7. The van der Waals surface area contributed by atoms with E-state index >= 15 is 0 Å². The number of nitrogens with one attached hydrogen (secondary N) is 3. The highest BCUT2D eigenvalue weighted by Crippen LogP contribution is 2.21. The Morgan fingerprint density at radius 1 is 1.12 bits per heavy atom. The van der Waals surface area contributed by atoms with Crippen LogP contribution in [0, 0.1) is 5.92 Å². The van der Waals surface area contributed by atoms with Gasteiger partial charge in [-0.25, -0.2) is 0 Å². The average Bonchev–Trinajstić information content (AvgIpc) is 2.65. The summed E-state index contributed by atoms with van der Waals surface area (Å²) in [6.07, 6.45) is 10.4. The van der Waals surface area contributed by atoms with Crippen LogP contribution in [0.25, 0.3) is 0 Å². The summed E-state index contributed by atoms with van der Waals surface area (Å²) < 4.78 is 0. The first-order valence-electron chi connectivity index (χ1n) is 9.98. The fraction of sp³-hybridized carbons (Fsp3) is 0.619. The van der Waals surface area contributed by atoms with Gasteiger partial charge in [0.25, 0.3) is 5.91 Å². The molecule has 1 saturated carbocycles. The minimum absolute atomic E-state index is 0.0449. The van der Waals surface area contributed by atoms with E-state index in [1.54, 1.807) is 7.05 Å². The van der Waals surface area contributed by atoms with Crippen LogP contribution < -0.4 is 16.0 Å². The number of nitrogens with zero attached hydrogens (tertiary/aromatic N) is 1. The van der Waals surface area contributed by atoms with Crippen molar-refractivity contribution in [2.75, 3.05) is 27.2 Å². The highest BCUT2D eigenvalue weighted by molar-refractivity contribution is 5.94. The largest absolute Gasteiger partial charge is 0.356 e. The molecule has 0 atom stereocenters. The van der Waals surface area contributed by atoms with Gasteiger partial charge >= 0.3 is 0 Å². The average molecular weight is 359 g/mol. The number of hydrogen-bond acceptors (Lipinski definition) is 2. The fourth-order valence-corrected chi connectivity index (χ4v) is 3.54. The maximum Gasteiger partial charge on any atom is 0.251 e. The molecule has 3 N–H and O–H groups in total. The smallest absolute Gasteiger partial charge is 0.251 e. The van der Waals surface area contributed by atoms with Crippen molar-refractivity contribution < 1.29 is 4.79 Å². The van der Waals surface area contributed by atoms with Crippen molar-refractivity contribution in [1.29, 1.82) is 0 Å². The summed E-state index contributed by atoms with van der Waals surface area (Å²) in [4.78, 5) is 16.1. The van der Waals surface area contributed by atoms with Crippen molar-refractivity contribution in [3.05, 3.63) is 35.4 Å². The molecular weight excluding hydrogens is 324 g/mol. The number of aliphatic imine (C=N–C) groups is 1. The van der Waals surface area contributed by atoms with Gasteiger partial charge in [0.15, 0.2) is 5.96 Å². The lowest BCUT2D eigenvalue weighted by atomic mass is 9.91. The normalized spacial score (nSPS) is 16.5. The third kappa shape index (κ3) is 7.06. The Hall–Kier alpha value is -2.04. The highest BCUT2D eigenvalue weighted by atomic mass is 16.1. The number of guanidine groups is 1. The number of benzene rings is 1. The second kappa shape index (κ2) is 11.6. The Morgan fingerprint density at radius 3 is 2.54 bits per heavy atom. The van der Waals surface area contributed by atoms with Crippen LogP contribution in [-0.4, -0.2) is 39.1 Å². The predicted octanol–water partition coefficient (Wildman–Crippen LogP) is 3.11. The van der Waals surface area contributed by atoms with Crippen molar-refractivity contribution >= 4 is 11.9 Å². The summed E-state index contributed by atoms with van der Waals surface area (Å²) in [6.45, 7) is 1.80. The van der Waals surface area contributed by atoms with E-state index in [0.717, 1.165) is 37.0 Å². The SMILES string of the molecule is CN=C(NCCc1cccc(C(=O)NC)c1)NCC1CCCCCCC1. The lowest BCUT2D eigenvalue weighted by molar-refractivity contribution is 0.0963. The van der Waals surface area contributed by atoms with Crippen LogP contribution in [0.15, 0.2) is 29.3 Å². The molecule has 0 heterocycles. The molecule has 0 saturated heterocycles. The summed E-state index contributed by atoms with van der Waals surface area (Å²) in [5.41, 5.74) is 1.85. The molecule has 0 unspecified atom stereocenters. The molecule has 0 spiro atoms. The van der Waals surface area contributed by atoms with Crippen molar-refractivity contribution in [3.8, 4) is 0 Å². The summed E-state index contributed by atoms with van der Waals surface area (Å²) in [5.74, 6) is 1.59. The molecule has 5 heteroatoms. The van der Waals surface area contributed by atoms with Crippen molar-refractivity contribution in [3.63, 3.8) is 0 Å². The Bertz CT molecular complexity index is 577. The van der Waals surface area contributed by atoms with Gasteiger partial charge in [0.2, 0.25) is 0 Å². The molecule has 1 amide bonds. The first-order chi connectivity index (χ1) is 12.7. The molecule has 1 fully saturated rings. The third-order valence-electron chi connectivity index (χ3n) is 5.13. The van der Waals surface area contributed by atoms with Gasteiger partial charge in [-0.15, -0.1) is 0 Å². The van der Waals surface area contributed by atoms with Gasteiger partial charge < -0.3 is 16.0 Å². The van der Waals surface area contributed by atoms with E-state index in [1.165, 1.54) is 44.9 Å². The van der Waals surface area contributed by atoms with E-state index in [0.29, 0.717) is 5.56 Å². The van der Waals surface area contributed by atoms with Crippen LogP contribution in [0.4, 0.5) is 0 Å². The molecule has 1 aromatic carbocycles. The molecule has 0 aromatic heterocycles. The standard InChI is InChI=1S/C21H34N4O/c1-22-20(26)19-12-8-11-17(15-19)13-14-24-21(23-2)25-16-18-9-6-4-3-5-7-10-18/h8,11-12,15,18H,3-7,9-10,13-14,16H2,1-2H3,(H,22,26)(H2,23,24,25). The number of carbonyl (C=O) groups excluding carboxylic acids is 1. The van der Waals surface area contributed by atoms with Gasteiger partial charge in [-0.05, 0) is 42.9 Å². The van der Waals surface area contributed by atoms with Crippen molar-refractivity contribution in [2.45, 2.75) is 51.4 Å². The molecule has 26 heavy (non-hydrogen) atoms. The molecular formula is C21H34N4O. The lowest BCUT2D eigenvalue weighted by Crippen LogP contribution is -2.40. The molecule has 0 radical (unpaired) electrons. The van der Waals surface area contributed by atoms with E-state index in [9.17, 15) is 4.79 Å². The summed E-state index contributed by atoms with van der Waals surface area (Å²) in [7, 11) is 3.47. The maximum absolute atomic E-state index is 11.7. The topological polar surface area (TPSA) is 65.5 Å². The van der Waals surface area contributed by atoms with Crippen LogP contribution in [0.1, 0.15) is 60.9 Å². The molecule has 2 rings (SSSR count). The zero-order valence-electron chi connectivity index (χ0n) is 16.3. The number of amides is 1. The monoisotopic (exact) mass is 358 g/mol. The van der Waals surface area contributed by atoms with Crippen LogP contribution in [0.5, 0.6) is 0 Å². The van der Waals surface area contributed by atoms with Crippen LogP contribution in [0.2, 0.25) is 0 Å². The predicted molar refractivity (Wildman–Crippen MR) is 109 cm³/mol. The molecule has 0 aliphatic heterocycles. The molecule has 5 nitrogen and oxygen atoms in total. The van der Waals surface area contributed by atoms with E-state index in [-0.39, 0.29) is 5.91 Å². The zero-order valence-corrected chi connectivity index (χ0v) is 16.3. The molecule has 1 aliphatic rings. The number of carbonyl (C=O) groups is 1. The summed E-state index contributed by atoms with van der Waals surface area (Å²) >= 11 is 0. The first kappa shape index (κ1) is 20.3. The van der Waals surface area contributed by atoms with Gasteiger partial charge in [0.05, 0.1) is 0 Å². The van der Waals surface area contributed by atoms with Crippen LogP contribution >= 0.6 is 0 Å². The fourth-order valence-electron chi connectivity index (χ4n) is 3.54. The molecule has 1 aromatic rings. The molecule has 0 bridgehead atoms. The highest BCUT2D eigenvalue weighted by Gasteiger charge is 2.12. The minimum atomic E-state index is -0.0449. The number of rotatable bonds is 6. The van der Waals surface area contributed by atoms with Crippen LogP contribution in [-0.2, 0) is 6.42 Å². The van der Waals surface area contributed by atoms with Gasteiger partial charge in [0.1, 0.15) is 0 Å². The quantitative estimate of drug-likeness (QED) is 0.541. The van der Waals surface area contributed by atoms with Crippen molar-refractivity contribution in [1.82, 2.24) is 16.0 Å². The Kier molecular flexibility index (Phi) is 9.01. The first-order valence-corrected chi connectivity index (χ1v) is 9.98. The number of hydrogen-bond donors (Lipinski definition) is 3. The molecule has 144 valence electrons.